The average Bonchev–Trinajstić information content (AvgIpc) is 2.93. The molecule has 1 N–H and O–H groups in total. The van der Waals surface area contributed by atoms with E-state index >= 15 is 0 Å². The molecule has 2 aromatic carbocycles. The van der Waals surface area contributed by atoms with Crippen LogP contribution in [0.3, 0.4) is 0 Å². The molecule has 2 heterocycles. The minimum atomic E-state index is -3.87. The molecule has 0 saturated heterocycles. The fourth-order valence-corrected chi connectivity index (χ4v) is 5.91. The van der Waals surface area contributed by atoms with Crippen LogP contribution in [0.5, 0.6) is 5.88 Å². The Bertz CT molecular complexity index is 1470. The summed E-state index contributed by atoms with van der Waals surface area (Å²) in [4.78, 5) is 19.4. The van der Waals surface area contributed by atoms with Gasteiger partial charge in [-0.3, -0.25) is 4.79 Å². The lowest BCUT2D eigenvalue weighted by molar-refractivity contribution is 0.0637. The number of nitrogens with one attached hydrogen (secondary N) is 1. The summed E-state index contributed by atoms with van der Waals surface area (Å²) in [5.74, 6) is -0.625. The minimum absolute atomic E-state index is 0.0226. The average molecular weight is 586 g/mol. The van der Waals surface area contributed by atoms with Crippen molar-refractivity contribution >= 4 is 27.5 Å². The number of hydrogen-bond acceptors (Lipinski definition) is 5. The topological polar surface area (TPSA) is 88.6 Å². The molecule has 0 aliphatic carbocycles. The number of amides is 1. The number of fused-ring (bicyclic) bond motifs is 1. The predicted molar refractivity (Wildman–Crippen MR) is 154 cm³/mol. The number of nitrogens with zero attached hydrogens (tertiary/aromatic N) is 2. The summed E-state index contributed by atoms with van der Waals surface area (Å²) in [5, 5.41) is 0.233. The smallest absolute Gasteiger partial charge is 0.255 e. The summed E-state index contributed by atoms with van der Waals surface area (Å²) in [7, 11) is -3.87. The quantitative estimate of drug-likeness (QED) is 0.331. The number of aryl methyl sites for hydroxylation is 1. The summed E-state index contributed by atoms with van der Waals surface area (Å²) >= 11 is 6.18. The highest BCUT2D eigenvalue weighted by molar-refractivity contribution is 7.89. The van der Waals surface area contributed by atoms with Gasteiger partial charge < -0.3 is 9.64 Å². The lowest BCUT2D eigenvalue weighted by Crippen LogP contribution is -2.42. The van der Waals surface area contributed by atoms with Gasteiger partial charge in [-0.1, -0.05) is 36.7 Å². The summed E-state index contributed by atoms with van der Waals surface area (Å²) < 4.78 is 49.7. The monoisotopic (exact) mass is 585 g/mol. The third kappa shape index (κ3) is 7.00. The van der Waals surface area contributed by atoms with Crippen molar-refractivity contribution in [1.82, 2.24) is 14.6 Å². The van der Waals surface area contributed by atoms with Gasteiger partial charge in [0.25, 0.3) is 5.91 Å². The van der Waals surface area contributed by atoms with Gasteiger partial charge in [0.05, 0.1) is 23.0 Å². The van der Waals surface area contributed by atoms with Crippen LogP contribution in [0, 0.1) is 18.7 Å². The van der Waals surface area contributed by atoms with Crippen LogP contribution in [-0.2, 0) is 23.0 Å². The summed E-state index contributed by atoms with van der Waals surface area (Å²) in [5.41, 5.74) is 1.26. The predicted octanol–water partition coefficient (Wildman–Crippen LogP) is 5.93. The maximum atomic E-state index is 14.4. The number of sulfonamides is 1. The van der Waals surface area contributed by atoms with Crippen LogP contribution in [0.4, 0.5) is 4.39 Å². The summed E-state index contributed by atoms with van der Waals surface area (Å²) in [6.07, 6.45) is 10.5. The highest BCUT2D eigenvalue weighted by Crippen LogP contribution is 2.39. The molecule has 0 spiro atoms. The lowest BCUT2D eigenvalue weighted by atomic mass is 9.91. The van der Waals surface area contributed by atoms with Crippen molar-refractivity contribution in [2.24, 2.45) is 0 Å². The van der Waals surface area contributed by atoms with Crippen molar-refractivity contribution in [2.45, 2.75) is 63.6 Å². The molecule has 212 valence electrons. The van der Waals surface area contributed by atoms with Gasteiger partial charge in [-0.25, -0.2) is 22.5 Å². The second kappa shape index (κ2) is 12.8. The largest absolute Gasteiger partial charge is 0.471 e. The number of hydrogen-bond donors (Lipinski definition) is 1. The standard InChI is InChI=1S/C28H31ClFN3O4S.C2H2/c1-5-18-10-12-20(13-11-18)38(35,36)32-25-15-28(3,4)37-26-21(25)14-19(16-31-26)27(34)33(6-2)17-22-23(29)8-7-9-24(22)30;1-2/h7-14,16,25,32H,5-6,15,17H2,1-4H3;1-2H/t25-;/m0./s1. The minimum Gasteiger partial charge on any atom is -0.471 e. The normalized spacial score (nSPS) is 15.7. The number of rotatable bonds is 8. The molecule has 40 heavy (non-hydrogen) atoms. The number of halogens is 2. The molecular weight excluding hydrogens is 553 g/mol. The van der Waals surface area contributed by atoms with Crippen LogP contribution in [0.25, 0.3) is 0 Å². The summed E-state index contributed by atoms with van der Waals surface area (Å²) in [6.45, 7) is 7.76. The van der Waals surface area contributed by atoms with E-state index in [0.717, 1.165) is 12.0 Å². The van der Waals surface area contributed by atoms with Gasteiger partial charge in [0.15, 0.2) is 0 Å². The zero-order valence-corrected chi connectivity index (χ0v) is 24.5. The molecule has 1 atom stereocenters. The molecule has 10 heteroatoms. The van der Waals surface area contributed by atoms with Crippen LogP contribution in [-0.4, -0.2) is 36.4 Å². The SMILES string of the molecule is C#C.CCc1ccc(S(=O)(=O)N[C@H]2CC(C)(C)Oc3ncc(C(=O)N(CC)Cc4c(F)cccc4Cl)cc32)cc1. The van der Waals surface area contributed by atoms with Crippen molar-refractivity contribution in [1.29, 1.82) is 0 Å². The number of benzene rings is 2. The maximum absolute atomic E-state index is 14.4. The first-order chi connectivity index (χ1) is 18.9. The molecule has 1 aliphatic rings. The number of terminal acetylenes is 1. The molecule has 3 aromatic rings. The van der Waals surface area contributed by atoms with Crippen molar-refractivity contribution in [3.05, 3.63) is 87.8 Å². The van der Waals surface area contributed by atoms with Gasteiger partial charge >= 0.3 is 0 Å². The van der Waals surface area contributed by atoms with Gasteiger partial charge in [0.2, 0.25) is 15.9 Å². The Labute approximate surface area is 240 Å². The third-order valence-corrected chi connectivity index (χ3v) is 8.43. The Morgan fingerprint density at radius 3 is 2.48 bits per heavy atom. The molecule has 1 aromatic heterocycles. The van der Waals surface area contributed by atoms with E-state index < -0.39 is 27.5 Å². The first-order valence-corrected chi connectivity index (χ1v) is 14.7. The number of aromatic nitrogens is 1. The highest BCUT2D eigenvalue weighted by atomic mass is 35.5. The zero-order valence-electron chi connectivity index (χ0n) is 22.9. The highest BCUT2D eigenvalue weighted by Gasteiger charge is 2.37. The molecule has 7 nitrogen and oxygen atoms in total. The van der Waals surface area contributed by atoms with Crippen molar-refractivity contribution in [2.75, 3.05) is 6.54 Å². The van der Waals surface area contributed by atoms with Gasteiger partial charge in [-0.2, -0.15) is 0 Å². The van der Waals surface area contributed by atoms with E-state index in [1.54, 1.807) is 43.3 Å². The molecule has 4 rings (SSSR count). The maximum Gasteiger partial charge on any atom is 0.255 e. The second-order valence-electron chi connectivity index (χ2n) is 9.88. The van der Waals surface area contributed by atoms with Crippen LogP contribution in [0.1, 0.15) is 67.2 Å². The van der Waals surface area contributed by atoms with Crippen LogP contribution in [0.2, 0.25) is 5.02 Å². The molecule has 0 saturated carbocycles. The van der Waals surface area contributed by atoms with Crippen LogP contribution in [0.15, 0.2) is 59.6 Å². The van der Waals surface area contributed by atoms with Gasteiger partial charge in [0.1, 0.15) is 11.4 Å². The fraction of sp³-hybridized carbons (Fsp3) is 0.333. The number of ether oxygens (including phenoxy) is 1. The van der Waals surface area contributed by atoms with Crippen molar-refractivity contribution in [3.8, 4) is 18.7 Å². The van der Waals surface area contributed by atoms with E-state index in [1.807, 2.05) is 20.8 Å². The van der Waals surface area contributed by atoms with Gasteiger partial charge in [-0.05, 0) is 63.1 Å². The Hall–Kier alpha value is -3.45. The molecule has 0 fully saturated rings. The van der Waals surface area contributed by atoms with E-state index in [2.05, 4.69) is 22.6 Å². The number of pyridine rings is 1. The summed E-state index contributed by atoms with van der Waals surface area (Å²) in [6, 6.07) is 12.0. The van der Waals surface area contributed by atoms with E-state index in [4.69, 9.17) is 16.3 Å². The second-order valence-corrected chi connectivity index (χ2v) is 12.0. The van der Waals surface area contributed by atoms with Gasteiger partial charge in [0, 0.05) is 35.3 Å². The van der Waals surface area contributed by atoms with Crippen molar-refractivity contribution in [3.63, 3.8) is 0 Å². The Balaban J connectivity index is 0.00000216. The van der Waals surface area contributed by atoms with Crippen LogP contribution >= 0.6 is 11.6 Å². The van der Waals surface area contributed by atoms with E-state index in [-0.39, 0.29) is 39.4 Å². The van der Waals surface area contributed by atoms with Crippen molar-refractivity contribution < 1.29 is 22.3 Å². The molecular formula is C30H33ClFN3O4S. The van der Waals surface area contributed by atoms with E-state index in [9.17, 15) is 17.6 Å². The molecule has 1 aliphatic heterocycles. The Morgan fingerprint density at radius 2 is 1.88 bits per heavy atom. The first-order valence-electron chi connectivity index (χ1n) is 12.8. The number of carbonyl (C=O) groups is 1. The van der Waals surface area contributed by atoms with E-state index in [1.165, 1.54) is 23.2 Å². The molecule has 0 bridgehead atoms. The molecule has 0 unspecified atom stereocenters. The molecule has 1 amide bonds. The Morgan fingerprint density at radius 1 is 1.20 bits per heavy atom. The van der Waals surface area contributed by atoms with Crippen LogP contribution < -0.4 is 9.46 Å². The molecule has 0 radical (unpaired) electrons. The van der Waals surface area contributed by atoms with Gasteiger partial charge in [-0.15, -0.1) is 12.8 Å². The fourth-order valence-electron chi connectivity index (χ4n) is 4.47. The Kier molecular flexibility index (Phi) is 9.96. The zero-order chi connectivity index (χ0) is 29.7. The van der Waals surface area contributed by atoms with E-state index in [0.29, 0.717) is 18.5 Å². The first kappa shape index (κ1) is 31.1. The third-order valence-electron chi connectivity index (χ3n) is 6.59. The number of carbonyl (C=O) groups excluding carboxylic acids is 1. The lowest BCUT2D eigenvalue weighted by Gasteiger charge is -2.37.